The van der Waals surface area contributed by atoms with E-state index < -0.39 is 0 Å². The number of hydrogen-bond donors (Lipinski definition) is 0. The van der Waals surface area contributed by atoms with Gasteiger partial charge in [-0.2, -0.15) is 0 Å². The summed E-state index contributed by atoms with van der Waals surface area (Å²) in [5.74, 6) is 0. The van der Waals surface area contributed by atoms with Crippen molar-refractivity contribution in [3.05, 3.63) is 12.2 Å². The van der Waals surface area contributed by atoms with Crippen LogP contribution in [0.3, 0.4) is 0 Å². The Morgan fingerprint density at radius 1 is 1.48 bits per heavy atom. The van der Waals surface area contributed by atoms with Crippen LogP contribution in [0.25, 0.3) is 0 Å². The lowest BCUT2D eigenvalue weighted by molar-refractivity contribution is -0.0218. The summed E-state index contributed by atoms with van der Waals surface area (Å²) in [7, 11) is 1.80. The normalized spacial score (nSPS) is 32.9. The number of amides is 1. The van der Waals surface area contributed by atoms with Gasteiger partial charge in [-0.15, -0.1) is 0 Å². The molecule has 3 atom stereocenters. The van der Waals surface area contributed by atoms with Crippen LogP contribution in [0.15, 0.2) is 12.2 Å². The predicted octanol–water partition coefficient (Wildman–Crippen LogP) is 3.31. The SMILES string of the molecule is C=C1C(N2CCN(C(=O)I)CC2)C1(C)CC(C)(CC)OC. The van der Waals surface area contributed by atoms with E-state index in [1.807, 2.05) is 27.5 Å². The highest BCUT2D eigenvalue weighted by Gasteiger charge is 2.59. The van der Waals surface area contributed by atoms with E-state index >= 15 is 0 Å². The Morgan fingerprint density at radius 3 is 2.48 bits per heavy atom. The maximum atomic E-state index is 11.4. The van der Waals surface area contributed by atoms with Gasteiger partial charge >= 0.3 is 0 Å². The first-order valence-corrected chi connectivity index (χ1v) is 8.78. The molecule has 0 bridgehead atoms. The van der Waals surface area contributed by atoms with Crippen LogP contribution in [-0.2, 0) is 4.74 Å². The second-order valence-electron chi connectivity index (χ2n) is 6.81. The number of halogens is 1. The minimum absolute atomic E-state index is 0.0769. The zero-order valence-corrected chi connectivity index (χ0v) is 15.8. The zero-order chi connectivity index (χ0) is 15.8. The number of piperazine rings is 1. The fourth-order valence-corrected chi connectivity index (χ4v) is 4.13. The smallest absolute Gasteiger partial charge is 0.283 e. The van der Waals surface area contributed by atoms with E-state index in [0.29, 0.717) is 6.04 Å². The van der Waals surface area contributed by atoms with E-state index in [-0.39, 0.29) is 14.9 Å². The average molecular weight is 406 g/mol. The lowest BCUT2D eigenvalue weighted by Crippen LogP contribution is -2.49. The lowest BCUT2D eigenvalue weighted by atomic mass is 9.87. The topological polar surface area (TPSA) is 32.8 Å². The van der Waals surface area contributed by atoms with Crippen molar-refractivity contribution in [2.24, 2.45) is 5.41 Å². The Morgan fingerprint density at radius 2 is 2.05 bits per heavy atom. The minimum atomic E-state index is -0.0769. The Kier molecular flexibility index (Phi) is 5.05. The first-order chi connectivity index (χ1) is 9.77. The highest BCUT2D eigenvalue weighted by atomic mass is 127. The molecule has 0 aromatic rings. The average Bonchev–Trinajstić information content (AvgIpc) is 2.99. The Labute approximate surface area is 142 Å². The molecule has 0 aromatic carbocycles. The molecule has 1 saturated heterocycles. The van der Waals surface area contributed by atoms with E-state index in [0.717, 1.165) is 39.0 Å². The van der Waals surface area contributed by atoms with Gasteiger partial charge in [0.05, 0.1) is 5.60 Å². The molecule has 1 saturated carbocycles. The van der Waals surface area contributed by atoms with Crippen LogP contribution in [0.1, 0.15) is 33.6 Å². The maximum absolute atomic E-state index is 11.4. The van der Waals surface area contributed by atoms with Gasteiger partial charge in [0, 0.05) is 67.3 Å². The van der Waals surface area contributed by atoms with Crippen LogP contribution in [0.2, 0.25) is 0 Å². The molecule has 0 spiro atoms. The van der Waals surface area contributed by atoms with Gasteiger partial charge in [-0.05, 0) is 19.8 Å². The molecule has 2 rings (SSSR count). The Hall–Kier alpha value is -0.140. The maximum Gasteiger partial charge on any atom is 0.283 e. The number of ether oxygens (including phenoxy) is 1. The monoisotopic (exact) mass is 406 g/mol. The van der Waals surface area contributed by atoms with Gasteiger partial charge < -0.3 is 9.64 Å². The van der Waals surface area contributed by atoms with Crippen LogP contribution in [0, 0.1) is 5.41 Å². The largest absolute Gasteiger partial charge is 0.379 e. The standard InChI is InChI=1S/C16H27IN2O2/c1-6-15(3,21-5)11-16(4)12(2)13(16)18-7-9-19(10-8-18)14(17)20/h13H,2,6-11H2,1,3-5H3. The van der Waals surface area contributed by atoms with Crippen LogP contribution >= 0.6 is 22.6 Å². The van der Waals surface area contributed by atoms with Gasteiger partial charge in [0.1, 0.15) is 0 Å². The first-order valence-electron chi connectivity index (χ1n) is 7.70. The number of carbonyl (C=O) groups excluding carboxylic acids is 1. The van der Waals surface area contributed by atoms with E-state index in [4.69, 9.17) is 4.74 Å². The van der Waals surface area contributed by atoms with E-state index in [2.05, 4.69) is 32.3 Å². The van der Waals surface area contributed by atoms with Crippen LogP contribution in [0.4, 0.5) is 4.79 Å². The molecule has 1 aliphatic carbocycles. The fourth-order valence-electron chi connectivity index (χ4n) is 3.65. The summed E-state index contributed by atoms with van der Waals surface area (Å²) in [4.78, 5) is 15.8. The van der Waals surface area contributed by atoms with Crippen LogP contribution < -0.4 is 0 Å². The number of carbonyl (C=O) groups is 1. The molecule has 3 unspecified atom stereocenters. The summed E-state index contributed by atoms with van der Waals surface area (Å²) in [5.41, 5.74) is 1.40. The predicted molar refractivity (Wildman–Crippen MR) is 93.9 cm³/mol. The molecular weight excluding hydrogens is 379 g/mol. The summed E-state index contributed by atoms with van der Waals surface area (Å²) in [6.45, 7) is 14.5. The quantitative estimate of drug-likeness (QED) is 0.304. The molecular formula is C16H27IN2O2. The molecule has 2 aliphatic rings. The van der Waals surface area contributed by atoms with Crippen molar-refractivity contribution in [3.63, 3.8) is 0 Å². The summed E-state index contributed by atoms with van der Waals surface area (Å²) in [5, 5.41) is 0. The molecule has 4 nitrogen and oxygen atoms in total. The number of nitrogens with zero attached hydrogens (tertiary/aromatic N) is 2. The minimum Gasteiger partial charge on any atom is -0.379 e. The van der Waals surface area contributed by atoms with Crippen molar-refractivity contribution in [2.75, 3.05) is 33.3 Å². The molecule has 0 N–H and O–H groups in total. The zero-order valence-electron chi connectivity index (χ0n) is 13.6. The van der Waals surface area contributed by atoms with Gasteiger partial charge in [0.25, 0.3) is 3.91 Å². The van der Waals surface area contributed by atoms with Gasteiger partial charge in [0.15, 0.2) is 0 Å². The van der Waals surface area contributed by atoms with Crippen molar-refractivity contribution in [1.82, 2.24) is 9.80 Å². The fraction of sp³-hybridized carbons (Fsp3) is 0.812. The molecule has 0 radical (unpaired) electrons. The Balaban J connectivity index is 1.97. The summed E-state index contributed by atoms with van der Waals surface area (Å²) in [6, 6.07) is 0.449. The Bertz CT molecular complexity index is 428. The van der Waals surface area contributed by atoms with Crippen molar-refractivity contribution < 1.29 is 9.53 Å². The summed E-state index contributed by atoms with van der Waals surface area (Å²) < 4.78 is 5.88. The number of methoxy groups -OCH3 is 1. The van der Waals surface area contributed by atoms with Crippen molar-refractivity contribution >= 4 is 26.5 Å². The van der Waals surface area contributed by atoms with Gasteiger partial charge in [-0.3, -0.25) is 9.69 Å². The third-order valence-electron chi connectivity index (χ3n) is 5.49. The molecule has 0 aromatic heterocycles. The third kappa shape index (κ3) is 3.29. The molecule has 21 heavy (non-hydrogen) atoms. The summed E-state index contributed by atoms with van der Waals surface area (Å²) in [6.07, 6.45) is 2.03. The third-order valence-corrected chi connectivity index (χ3v) is 6.18. The van der Waals surface area contributed by atoms with E-state index in [1.165, 1.54) is 5.57 Å². The van der Waals surface area contributed by atoms with Crippen molar-refractivity contribution in [3.8, 4) is 0 Å². The molecule has 1 aliphatic heterocycles. The molecule has 1 heterocycles. The lowest BCUT2D eigenvalue weighted by Gasteiger charge is -2.36. The highest BCUT2D eigenvalue weighted by molar-refractivity contribution is 14.1. The molecule has 120 valence electrons. The highest BCUT2D eigenvalue weighted by Crippen LogP contribution is 2.59. The first kappa shape index (κ1) is 17.2. The second kappa shape index (κ2) is 6.16. The number of hydrogen-bond acceptors (Lipinski definition) is 3. The second-order valence-corrected chi connectivity index (χ2v) is 7.73. The van der Waals surface area contributed by atoms with Gasteiger partial charge in [-0.1, -0.05) is 26.0 Å². The molecule has 5 heteroatoms. The summed E-state index contributed by atoms with van der Waals surface area (Å²) >= 11 is 1.87. The van der Waals surface area contributed by atoms with E-state index in [9.17, 15) is 4.79 Å². The van der Waals surface area contributed by atoms with E-state index in [1.54, 1.807) is 7.11 Å². The van der Waals surface area contributed by atoms with Crippen molar-refractivity contribution in [1.29, 1.82) is 0 Å². The molecule has 2 fully saturated rings. The molecule has 1 amide bonds. The van der Waals surface area contributed by atoms with Crippen LogP contribution in [-0.4, -0.2) is 58.6 Å². The van der Waals surface area contributed by atoms with Crippen molar-refractivity contribution in [2.45, 2.75) is 45.3 Å². The number of rotatable bonds is 5. The van der Waals surface area contributed by atoms with Gasteiger partial charge in [0.2, 0.25) is 0 Å². The van der Waals surface area contributed by atoms with Crippen LogP contribution in [0.5, 0.6) is 0 Å². The van der Waals surface area contributed by atoms with Gasteiger partial charge in [-0.25, -0.2) is 0 Å².